The standard InChI is InChI=1S/C8H14N2O2.C7H5NO4/c1-2-6(8(9)12)10-5-3-4-7(10)11;9-7(10)5-2-1-3-6(4-5)8(11)12/h6H,2-5H2,1H3,(H2,9,12);1-4H,(H,9,10)/t6-;/m1./s1. The van der Waals surface area contributed by atoms with E-state index < -0.39 is 16.8 Å². The summed E-state index contributed by atoms with van der Waals surface area (Å²) in [5.74, 6) is -1.51. The Labute approximate surface area is 138 Å². The molecule has 0 bridgehead atoms. The summed E-state index contributed by atoms with van der Waals surface area (Å²) in [4.78, 5) is 43.6. The van der Waals surface area contributed by atoms with E-state index >= 15 is 0 Å². The van der Waals surface area contributed by atoms with Gasteiger partial charge in [-0.2, -0.15) is 0 Å². The maximum Gasteiger partial charge on any atom is 0.335 e. The zero-order chi connectivity index (χ0) is 18.3. The fourth-order valence-electron chi connectivity index (χ4n) is 2.33. The number of nitro benzene ring substituents is 1. The Kier molecular flexibility index (Phi) is 6.84. The molecule has 0 aromatic heterocycles. The van der Waals surface area contributed by atoms with Crippen LogP contribution in [0.3, 0.4) is 0 Å². The van der Waals surface area contributed by atoms with E-state index in [4.69, 9.17) is 10.8 Å². The minimum absolute atomic E-state index is 0.0562. The number of hydrogen-bond donors (Lipinski definition) is 2. The van der Waals surface area contributed by atoms with Crippen molar-refractivity contribution in [1.29, 1.82) is 0 Å². The number of non-ortho nitro benzene ring substituents is 1. The molecular formula is C15H19N3O6. The third-order valence-electron chi connectivity index (χ3n) is 3.51. The van der Waals surface area contributed by atoms with Gasteiger partial charge < -0.3 is 15.7 Å². The average Bonchev–Trinajstić information content (AvgIpc) is 2.94. The van der Waals surface area contributed by atoms with Crippen LogP contribution in [0.15, 0.2) is 24.3 Å². The Morgan fingerprint density at radius 1 is 1.46 bits per heavy atom. The third kappa shape index (κ3) is 5.04. The second kappa shape index (κ2) is 8.61. The molecule has 1 aliphatic rings. The Bertz CT molecular complexity index is 617. The maximum absolute atomic E-state index is 11.2. The molecule has 2 amide bonds. The molecule has 2 rings (SSSR count). The molecule has 0 saturated carbocycles. The van der Waals surface area contributed by atoms with Crippen molar-refractivity contribution >= 4 is 23.5 Å². The molecule has 1 fully saturated rings. The lowest BCUT2D eigenvalue weighted by molar-refractivity contribution is -0.384. The van der Waals surface area contributed by atoms with Gasteiger partial charge in [-0.25, -0.2) is 4.79 Å². The van der Waals surface area contributed by atoms with Gasteiger partial charge in [-0.1, -0.05) is 13.0 Å². The van der Waals surface area contributed by atoms with Crippen LogP contribution >= 0.6 is 0 Å². The van der Waals surface area contributed by atoms with Gasteiger partial charge in [0.1, 0.15) is 6.04 Å². The number of likely N-dealkylation sites (tertiary alicyclic amines) is 1. The quantitative estimate of drug-likeness (QED) is 0.609. The molecule has 0 unspecified atom stereocenters. The first kappa shape index (κ1) is 19.1. The van der Waals surface area contributed by atoms with Crippen molar-refractivity contribution in [3.05, 3.63) is 39.9 Å². The number of hydrogen-bond acceptors (Lipinski definition) is 5. The molecule has 3 N–H and O–H groups in total. The third-order valence-corrected chi connectivity index (χ3v) is 3.51. The van der Waals surface area contributed by atoms with Gasteiger partial charge in [0.25, 0.3) is 5.69 Å². The summed E-state index contributed by atoms with van der Waals surface area (Å²) in [6.07, 6.45) is 2.02. The molecule has 9 heteroatoms. The minimum atomic E-state index is -1.17. The van der Waals surface area contributed by atoms with Gasteiger partial charge in [-0.15, -0.1) is 0 Å². The van der Waals surface area contributed by atoms with Crippen molar-refractivity contribution in [3.63, 3.8) is 0 Å². The number of nitro groups is 1. The van der Waals surface area contributed by atoms with Crippen LogP contribution in [-0.2, 0) is 9.59 Å². The van der Waals surface area contributed by atoms with E-state index in [1.807, 2.05) is 6.92 Å². The van der Waals surface area contributed by atoms with E-state index in [0.29, 0.717) is 19.4 Å². The van der Waals surface area contributed by atoms with Gasteiger partial charge in [0.2, 0.25) is 11.8 Å². The molecular weight excluding hydrogens is 318 g/mol. The highest BCUT2D eigenvalue weighted by molar-refractivity contribution is 5.88. The molecule has 1 saturated heterocycles. The van der Waals surface area contributed by atoms with E-state index in [1.165, 1.54) is 18.2 Å². The van der Waals surface area contributed by atoms with Gasteiger partial charge in [0, 0.05) is 25.1 Å². The number of carboxylic acids is 1. The van der Waals surface area contributed by atoms with E-state index in [2.05, 4.69) is 0 Å². The lowest BCUT2D eigenvalue weighted by Crippen LogP contribution is -2.44. The highest BCUT2D eigenvalue weighted by Gasteiger charge is 2.29. The van der Waals surface area contributed by atoms with E-state index in [1.54, 1.807) is 4.90 Å². The fourth-order valence-corrected chi connectivity index (χ4v) is 2.33. The van der Waals surface area contributed by atoms with Gasteiger partial charge >= 0.3 is 5.97 Å². The molecule has 1 atom stereocenters. The number of nitrogens with two attached hydrogens (primary N) is 1. The lowest BCUT2D eigenvalue weighted by atomic mass is 10.2. The summed E-state index contributed by atoms with van der Waals surface area (Å²) in [5.41, 5.74) is 4.86. The number of primary amides is 1. The summed E-state index contributed by atoms with van der Waals surface area (Å²) in [6.45, 7) is 2.54. The maximum atomic E-state index is 11.2. The topological polar surface area (TPSA) is 144 Å². The van der Waals surface area contributed by atoms with Gasteiger partial charge in [0.05, 0.1) is 10.5 Å². The number of benzene rings is 1. The predicted molar refractivity (Wildman–Crippen MR) is 84.3 cm³/mol. The minimum Gasteiger partial charge on any atom is -0.478 e. The van der Waals surface area contributed by atoms with E-state index in [9.17, 15) is 24.5 Å². The SMILES string of the molecule is CC[C@H](C(N)=O)N1CCCC1=O.O=C(O)c1cccc([N+](=O)[O-])c1. The molecule has 1 aromatic rings. The first-order valence-electron chi connectivity index (χ1n) is 7.34. The number of amides is 2. The lowest BCUT2D eigenvalue weighted by Gasteiger charge is -2.23. The summed E-state index contributed by atoms with van der Waals surface area (Å²) in [7, 11) is 0. The van der Waals surface area contributed by atoms with Crippen molar-refractivity contribution in [3.8, 4) is 0 Å². The van der Waals surface area contributed by atoms with Crippen LogP contribution in [0.25, 0.3) is 0 Å². The molecule has 1 heterocycles. The molecule has 0 spiro atoms. The summed E-state index contributed by atoms with van der Waals surface area (Å²) in [6, 6.07) is 4.51. The Balaban J connectivity index is 0.000000240. The van der Waals surface area contributed by atoms with Crippen LogP contribution in [0.2, 0.25) is 0 Å². The van der Waals surface area contributed by atoms with Crippen molar-refractivity contribution < 1.29 is 24.4 Å². The predicted octanol–water partition coefficient (Wildman–Crippen LogP) is 1.17. The highest BCUT2D eigenvalue weighted by atomic mass is 16.6. The van der Waals surface area contributed by atoms with Crippen molar-refractivity contribution in [1.82, 2.24) is 4.90 Å². The molecule has 9 nitrogen and oxygen atoms in total. The molecule has 1 aromatic carbocycles. The van der Waals surface area contributed by atoms with E-state index in [0.717, 1.165) is 12.5 Å². The number of carbonyl (C=O) groups is 3. The highest BCUT2D eigenvalue weighted by Crippen LogP contribution is 2.15. The second-order valence-electron chi connectivity index (χ2n) is 5.13. The van der Waals surface area contributed by atoms with Crippen LogP contribution in [0.1, 0.15) is 36.5 Å². The Morgan fingerprint density at radius 2 is 2.12 bits per heavy atom. The van der Waals surface area contributed by atoms with Crippen LogP contribution in [0.5, 0.6) is 0 Å². The zero-order valence-electron chi connectivity index (χ0n) is 13.2. The number of rotatable bonds is 5. The number of nitrogens with zero attached hydrogens (tertiary/aromatic N) is 2. The largest absolute Gasteiger partial charge is 0.478 e. The molecule has 0 aliphatic carbocycles. The Hall–Kier alpha value is -2.97. The normalized spacial score (nSPS) is 14.5. The van der Waals surface area contributed by atoms with E-state index in [-0.39, 0.29) is 23.2 Å². The van der Waals surface area contributed by atoms with Gasteiger partial charge in [-0.05, 0) is 18.9 Å². The van der Waals surface area contributed by atoms with Gasteiger partial charge in [-0.3, -0.25) is 19.7 Å². The number of aromatic carboxylic acids is 1. The molecule has 1 aliphatic heterocycles. The van der Waals surface area contributed by atoms with Gasteiger partial charge in [0.15, 0.2) is 0 Å². The molecule has 0 radical (unpaired) electrons. The van der Waals surface area contributed by atoms with Crippen LogP contribution in [0, 0.1) is 10.1 Å². The first-order chi connectivity index (χ1) is 11.3. The van der Waals surface area contributed by atoms with Crippen LogP contribution < -0.4 is 5.73 Å². The van der Waals surface area contributed by atoms with Crippen molar-refractivity contribution in [2.45, 2.75) is 32.2 Å². The molecule has 130 valence electrons. The zero-order valence-corrected chi connectivity index (χ0v) is 13.2. The number of carbonyl (C=O) groups excluding carboxylic acids is 2. The van der Waals surface area contributed by atoms with Crippen molar-refractivity contribution in [2.75, 3.05) is 6.54 Å². The first-order valence-corrected chi connectivity index (χ1v) is 7.34. The smallest absolute Gasteiger partial charge is 0.335 e. The monoisotopic (exact) mass is 337 g/mol. The number of carboxylic acid groups (broad SMARTS) is 1. The van der Waals surface area contributed by atoms with Crippen LogP contribution in [0.4, 0.5) is 5.69 Å². The molecule has 24 heavy (non-hydrogen) atoms. The Morgan fingerprint density at radius 3 is 2.54 bits per heavy atom. The summed E-state index contributed by atoms with van der Waals surface area (Å²) < 4.78 is 0. The van der Waals surface area contributed by atoms with Crippen molar-refractivity contribution in [2.24, 2.45) is 5.73 Å². The fraction of sp³-hybridized carbons (Fsp3) is 0.400. The second-order valence-corrected chi connectivity index (χ2v) is 5.13. The van der Waals surface area contributed by atoms with Crippen LogP contribution in [-0.4, -0.2) is 45.3 Å². The summed E-state index contributed by atoms with van der Waals surface area (Å²) >= 11 is 0. The summed E-state index contributed by atoms with van der Waals surface area (Å²) in [5, 5.41) is 18.7. The average molecular weight is 337 g/mol.